The zero-order valence-corrected chi connectivity index (χ0v) is 23.3. The van der Waals surface area contributed by atoms with E-state index in [-0.39, 0.29) is 6.04 Å². The maximum Gasteiger partial charge on any atom is 0.181 e. The minimum atomic E-state index is -2.57. The van der Waals surface area contributed by atoms with Crippen molar-refractivity contribution >= 4 is 74.8 Å². The van der Waals surface area contributed by atoms with Gasteiger partial charge < -0.3 is 14.2 Å². The Bertz CT molecular complexity index is 1110. The van der Waals surface area contributed by atoms with E-state index in [9.17, 15) is 4.57 Å². The molecule has 3 aromatic heterocycles. The van der Waals surface area contributed by atoms with Crippen LogP contribution in [0.3, 0.4) is 0 Å². The lowest BCUT2D eigenvalue weighted by molar-refractivity contribution is 0.0984. The molecule has 30 heavy (non-hydrogen) atoms. The highest BCUT2D eigenvalue weighted by Crippen LogP contribution is 2.46. The molecule has 4 heterocycles. The van der Waals surface area contributed by atoms with Crippen molar-refractivity contribution in [3.63, 3.8) is 0 Å². The number of anilines is 1. The molecule has 2 atom stereocenters. The zero-order chi connectivity index (χ0) is 21.5. The van der Waals surface area contributed by atoms with Crippen molar-refractivity contribution in [2.45, 2.75) is 26.8 Å². The Morgan fingerprint density at radius 1 is 1.37 bits per heavy atom. The SMILES string of the molecule is CCP(=O)(CC)c1cc(N2CCOC[C@H]2C)nn2c(-c3ccnn3PI)nc(I)c12. The smallest absolute Gasteiger partial charge is 0.181 e. The minimum Gasteiger partial charge on any atom is -0.377 e. The lowest BCUT2D eigenvalue weighted by Crippen LogP contribution is -2.44. The van der Waals surface area contributed by atoms with Crippen molar-refractivity contribution in [3.8, 4) is 11.5 Å². The first-order valence-corrected chi connectivity index (χ1v) is 17.1. The molecule has 162 valence electrons. The highest BCUT2D eigenvalue weighted by molar-refractivity contribution is 14.2. The largest absolute Gasteiger partial charge is 0.377 e. The third-order valence-electron chi connectivity index (χ3n) is 5.60. The first kappa shape index (κ1) is 22.9. The number of imidazole rings is 1. The van der Waals surface area contributed by atoms with Crippen LogP contribution in [0.25, 0.3) is 17.0 Å². The van der Waals surface area contributed by atoms with Gasteiger partial charge in [-0.25, -0.2) is 14.0 Å². The number of hydrogen-bond donors (Lipinski definition) is 0. The predicted octanol–water partition coefficient (Wildman–Crippen LogP) is 4.24. The number of morpholine rings is 1. The molecule has 3 aromatic rings. The Morgan fingerprint density at radius 2 is 2.13 bits per heavy atom. The average Bonchev–Trinajstić information content (AvgIpc) is 3.37. The van der Waals surface area contributed by atoms with Gasteiger partial charge in [-0.1, -0.05) is 13.8 Å². The van der Waals surface area contributed by atoms with Crippen LogP contribution in [0.2, 0.25) is 0 Å². The van der Waals surface area contributed by atoms with Gasteiger partial charge in [-0.3, -0.25) is 0 Å². The third-order valence-corrected chi connectivity index (χ3v) is 11.5. The predicted molar refractivity (Wildman–Crippen MR) is 141 cm³/mol. The summed E-state index contributed by atoms with van der Waals surface area (Å²) in [6, 6.07) is 4.20. The van der Waals surface area contributed by atoms with Crippen LogP contribution >= 0.6 is 58.1 Å². The van der Waals surface area contributed by atoms with Gasteiger partial charge >= 0.3 is 0 Å². The fourth-order valence-corrected chi connectivity index (χ4v) is 8.36. The van der Waals surface area contributed by atoms with Gasteiger partial charge in [0.1, 0.15) is 22.1 Å². The molecule has 1 aliphatic heterocycles. The van der Waals surface area contributed by atoms with Crippen molar-refractivity contribution in [1.29, 1.82) is 0 Å². The number of ether oxygens (including phenoxy) is 1. The maximum atomic E-state index is 13.9. The van der Waals surface area contributed by atoms with Gasteiger partial charge in [-0.2, -0.15) is 5.10 Å². The molecule has 0 aliphatic carbocycles. The van der Waals surface area contributed by atoms with Gasteiger partial charge in [0.25, 0.3) is 0 Å². The molecule has 0 saturated carbocycles. The van der Waals surface area contributed by atoms with Crippen LogP contribution in [0.5, 0.6) is 0 Å². The molecule has 4 rings (SSSR count). The number of halogens is 2. The highest BCUT2D eigenvalue weighted by atomic mass is 127. The highest BCUT2D eigenvalue weighted by Gasteiger charge is 2.31. The van der Waals surface area contributed by atoms with E-state index in [1.54, 1.807) is 6.20 Å². The van der Waals surface area contributed by atoms with Gasteiger partial charge in [0.05, 0.1) is 31.8 Å². The molecule has 0 amide bonds. The number of nitrogens with zero attached hydrogens (tertiary/aromatic N) is 6. The van der Waals surface area contributed by atoms with E-state index in [1.807, 2.05) is 34.9 Å². The summed E-state index contributed by atoms with van der Waals surface area (Å²) in [7, 11) is -2.57. The van der Waals surface area contributed by atoms with E-state index < -0.39 is 7.14 Å². The summed E-state index contributed by atoms with van der Waals surface area (Å²) in [5.74, 6) is 1.56. The molecule has 12 heteroatoms. The van der Waals surface area contributed by atoms with Crippen molar-refractivity contribution in [3.05, 3.63) is 22.0 Å². The summed E-state index contributed by atoms with van der Waals surface area (Å²) in [5, 5.41) is 10.3. The number of aromatic nitrogens is 5. The molecule has 1 saturated heterocycles. The van der Waals surface area contributed by atoms with Crippen molar-refractivity contribution in [1.82, 2.24) is 24.1 Å². The molecule has 0 radical (unpaired) electrons. The molecule has 1 unspecified atom stereocenters. The van der Waals surface area contributed by atoms with Gasteiger partial charge in [0.15, 0.2) is 11.6 Å². The van der Waals surface area contributed by atoms with Crippen LogP contribution in [0.15, 0.2) is 18.3 Å². The number of fused-ring (bicyclic) bond motifs is 1. The summed E-state index contributed by atoms with van der Waals surface area (Å²) in [6.45, 7) is 8.23. The van der Waals surface area contributed by atoms with Crippen LogP contribution in [-0.2, 0) is 9.30 Å². The molecule has 8 nitrogen and oxygen atoms in total. The molecule has 0 aromatic carbocycles. The molecule has 0 bridgehead atoms. The summed E-state index contributed by atoms with van der Waals surface area (Å²) >= 11 is 4.55. The van der Waals surface area contributed by atoms with E-state index >= 15 is 0 Å². The summed E-state index contributed by atoms with van der Waals surface area (Å²) in [5.41, 5.74) is 1.76. The fraction of sp³-hybridized carbons (Fsp3) is 0.500. The van der Waals surface area contributed by atoms with E-state index in [0.29, 0.717) is 31.9 Å². The molecule has 0 N–H and O–H groups in total. The van der Waals surface area contributed by atoms with Crippen molar-refractivity contribution in [2.24, 2.45) is 0 Å². The second-order valence-electron chi connectivity index (χ2n) is 7.23. The first-order chi connectivity index (χ1) is 14.4. The van der Waals surface area contributed by atoms with Crippen LogP contribution in [0.4, 0.5) is 5.82 Å². The molecular weight excluding hydrogens is 648 g/mol. The van der Waals surface area contributed by atoms with Crippen LogP contribution < -0.4 is 10.2 Å². The lowest BCUT2D eigenvalue weighted by atomic mass is 10.2. The Labute approximate surface area is 204 Å². The second kappa shape index (κ2) is 9.29. The van der Waals surface area contributed by atoms with E-state index in [4.69, 9.17) is 14.8 Å². The Hall–Kier alpha value is -0.290. The number of hydrogen-bond acceptors (Lipinski definition) is 6. The average molecular weight is 672 g/mol. The zero-order valence-electron chi connectivity index (χ0n) is 17.0. The minimum absolute atomic E-state index is 0.201. The topological polar surface area (TPSA) is 77.5 Å². The second-order valence-corrected chi connectivity index (χ2v) is 13.8. The van der Waals surface area contributed by atoms with Crippen LogP contribution in [0.1, 0.15) is 20.8 Å². The maximum absolute atomic E-state index is 13.9. The third kappa shape index (κ3) is 3.95. The first-order valence-electron chi connectivity index (χ1n) is 9.86. The Balaban J connectivity index is 2.03. The van der Waals surface area contributed by atoms with E-state index in [2.05, 4.69) is 61.6 Å². The van der Waals surface area contributed by atoms with E-state index in [1.165, 1.54) is 0 Å². The molecule has 1 fully saturated rings. The number of rotatable bonds is 6. The van der Waals surface area contributed by atoms with Gasteiger partial charge in [-0.05, 0) is 63.7 Å². The standard InChI is InChI=1S/C18H24I2N6O2P2/c1-4-30(27,5-2)14-10-15(24-8-9-28-11-12(24)3)23-25-16(14)17(19)22-18(25)13-6-7-21-26(13)29-20/h6-7,10,12,29H,4-5,8-9,11H2,1-3H3/t12-/m1/s1. The monoisotopic (exact) mass is 672 g/mol. The molecular formula is C18H24I2N6O2P2. The summed E-state index contributed by atoms with van der Waals surface area (Å²) in [4.78, 5) is 7.10. The molecule has 0 spiro atoms. The normalized spacial score (nSPS) is 18.2. The summed E-state index contributed by atoms with van der Waals surface area (Å²) in [6.07, 6.45) is 3.47. The Kier molecular flexibility index (Phi) is 7.09. The van der Waals surface area contributed by atoms with Crippen LogP contribution in [-0.4, -0.2) is 62.3 Å². The molecule has 1 aliphatic rings. The van der Waals surface area contributed by atoms with Gasteiger partial charge in [0, 0.05) is 24.2 Å². The quantitative estimate of drug-likeness (QED) is 0.288. The fourth-order valence-electron chi connectivity index (χ4n) is 3.81. The lowest BCUT2D eigenvalue weighted by Gasteiger charge is -2.34. The van der Waals surface area contributed by atoms with Crippen LogP contribution in [0, 0.1) is 3.70 Å². The van der Waals surface area contributed by atoms with Gasteiger partial charge in [0.2, 0.25) is 0 Å². The van der Waals surface area contributed by atoms with Gasteiger partial charge in [-0.15, -0.1) is 5.10 Å². The summed E-state index contributed by atoms with van der Waals surface area (Å²) < 4.78 is 24.2. The van der Waals surface area contributed by atoms with Crippen molar-refractivity contribution < 1.29 is 9.30 Å². The Morgan fingerprint density at radius 3 is 2.80 bits per heavy atom. The van der Waals surface area contributed by atoms with E-state index in [0.717, 1.165) is 38.4 Å². The van der Waals surface area contributed by atoms with Crippen molar-refractivity contribution in [2.75, 3.05) is 37.0 Å².